The van der Waals surface area contributed by atoms with Crippen LogP contribution in [-0.2, 0) is 23.7 Å². The summed E-state index contributed by atoms with van der Waals surface area (Å²) in [4.78, 5) is 13.2. The zero-order chi connectivity index (χ0) is 53.2. The van der Waals surface area contributed by atoms with Crippen LogP contribution in [-0.4, -0.2) is 140 Å². The highest BCUT2D eigenvalue weighted by Gasteiger charge is 2.51. The molecular formula is C59H105NO13. The molecule has 2 fully saturated rings. The number of aliphatic hydroxyl groups is 8. The molecule has 1 amide bonds. The van der Waals surface area contributed by atoms with Gasteiger partial charge >= 0.3 is 0 Å². The Balaban J connectivity index is 1.82. The first-order valence-electron chi connectivity index (χ1n) is 29.0. The lowest BCUT2D eigenvalue weighted by Crippen LogP contribution is -2.65. The maximum Gasteiger partial charge on any atom is 0.220 e. The molecule has 0 aliphatic carbocycles. The number of unbranched alkanes of at least 4 members (excludes halogenated alkanes) is 24. The number of aliphatic hydroxyl groups excluding tert-OH is 8. The van der Waals surface area contributed by atoms with Crippen LogP contribution < -0.4 is 5.32 Å². The van der Waals surface area contributed by atoms with Crippen LogP contribution in [0.25, 0.3) is 0 Å². The van der Waals surface area contributed by atoms with E-state index in [0.29, 0.717) is 12.8 Å². The zero-order valence-corrected chi connectivity index (χ0v) is 45.4. The van der Waals surface area contributed by atoms with Crippen LogP contribution in [0, 0.1) is 0 Å². The first-order valence-corrected chi connectivity index (χ1v) is 29.0. The predicted molar refractivity (Wildman–Crippen MR) is 290 cm³/mol. The van der Waals surface area contributed by atoms with E-state index in [2.05, 4.69) is 67.8 Å². The molecule has 0 saturated carbocycles. The number of ether oxygens (including phenoxy) is 4. The van der Waals surface area contributed by atoms with E-state index in [1.54, 1.807) is 6.08 Å². The molecule has 12 atom stereocenters. The number of nitrogens with one attached hydrogen (secondary N) is 1. The van der Waals surface area contributed by atoms with Crippen molar-refractivity contribution in [3.8, 4) is 0 Å². The lowest BCUT2D eigenvalue weighted by Gasteiger charge is -2.46. The molecule has 0 aromatic rings. The summed E-state index contributed by atoms with van der Waals surface area (Å²) in [6.45, 7) is 2.75. The van der Waals surface area contributed by atoms with Gasteiger partial charge in [0.05, 0.1) is 32.0 Å². The fourth-order valence-corrected chi connectivity index (χ4v) is 9.18. The van der Waals surface area contributed by atoms with Crippen LogP contribution >= 0.6 is 0 Å². The van der Waals surface area contributed by atoms with E-state index in [9.17, 15) is 45.6 Å². The molecule has 2 aliphatic heterocycles. The van der Waals surface area contributed by atoms with Crippen LogP contribution in [0.3, 0.4) is 0 Å². The fourth-order valence-electron chi connectivity index (χ4n) is 9.18. The molecule has 2 aliphatic rings. The van der Waals surface area contributed by atoms with Crippen LogP contribution in [0.15, 0.2) is 60.8 Å². The number of carbonyl (C=O) groups is 1. The summed E-state index contributed by atoms with van der Waals surface area (Å²) >= 11 is 0. The van der Waals surface area contributed by atoms with E-state index < -0.39 is 86.8 Å². The molecular weight excluding hydrogens is 931 g/mol. The van der Waals surface area contributed by atoms with Gasteiger partial charge in [-0.1, -0.05) is 190 Å². The minimum Gasteiger partial charge on any atom is -0.394 e. The molecule has 2 heterocycles. The summed E-state index contributed by atoms with van der Waals surface area (Å²) in [5, 5.41) is 87.0. The molecule has 0 spiro atoms. The van der Waals surface area contributed by atoms with Gasteiger partial charge in [0, 0.05) is 6.42 Å². The van der Waals surface area contributed by atoms with E-state index >= 15 is 0 Å². The summed E-state index contributed by atoms with van der Waals surface area (Å²) in [6.07, 6.45) is 39.7. The molecule has 14 nitrogen and oxygen atoms in total. The van der Waals surface area contributed by atoms with Gasteiger partial charge < -0.3 is 65.1 Å². The molecule has 2 rings (SSSR count). The zero-order valence-electron chi connectivity index (χ0n) is 45.4. The number of hydrogen-bond acceptors (Lipinski definition) is 13. The summed E-state index contributed by atoms with van der Waals surface area (Å²) < 4.78 is 22.7. The minimum absolute atomic E-state index is 0.259. The summed E-state index contributed by atoms with van der Waals surface area (Å²) in [5.74, 6) is -0.263. The number of allylic oxidation sites excluding steroid dienone is 9. The van der Waals surface area contributed by atoms with Crippen LogP contribution in [0.4, 0.5) is 0 Å². The lowest BCUT2D eigenvalue weighted by molar-refractivity contribution is -0.359. The van der Waals surface area contributed by atoms with Gasteiger partial charge in [0.1, 0.15) is 48.8 Å². The fraction of sp³-hybridized carbons (Fsp3) is 0.814. The Kier molecular flexibility index (Phi) is 41.0. The molecule has 0 radical (unpaired) electrons. The highest BCUT2D eigenvalue weighted by molar-refractivity contribution is 5.76. The van der Waals surface area contributed by atoms with Crippen LogP contribution in [0.5, 0.6) is 0 Å². The quantitative estimate of drug-likeness (QED) is 0.0205. The third-order valence-electron chi connectivity index (χ3n) is 13.9. The highest BCUT2D eigenvalue weighted by Crippen LogP contribution is 2.30. The maximum atomic E-state index is 13.2. The molecule has 9 N–H and O–H groups in total. The second kappa shape index (κ2) is 44.8. The normalized spacial score (nSPS) is 25.8. The van der Waals surface area contributed by atoms with Gasteiger partial charge in [-0.3, -0.25) is 4.79 Å². The van der Waals surface area contributed by atoms with Gasteiger partial charge in [0.2, 0.25) is 5.91 Å². The molecule has 14 heteroatoms. The van der Waals surface area contributed by atoms with Gasteiger partial charge in [0.15, 0.2) is 12.6 Å². The van der Waals surface area contributed by atoms with Gasteiger partial charge in [-0.05, 0) is 77.0 Å². The van der Waals surface area contributed by atoms with Gasteiger partial charge in [0.25, 0.3) is 0 Å². The largest absolute Gasteiger partial charge is 0.394 e. The van der Waals surface area contributed by atoms with Crippen molar-refractivity contribution >= 4 is 5.91 Å². The summed E-state index contributed by atoms with van der Waals surface area (Å²) in [5.41, 5.74) is 0. The highest BCUT2D eigenvalue weighted by atomic mass is 16.7. The van der Waals surface area contributed by atoms with Crippen molar-refractivity contribution < 1.29 is 64.6 Å². The Morgan fingerprint density at radius 3 is 1.44 bits per heavy atom. The topological polar surface area (TPSA) is 228 Å². The molecule has 0 aromatic heterocycles. The third kappa shape index (κ3) is 30.9. The first-order chi connectivity index (χ1) is 35.6. The maximum absolute atomic E-state index is 13.2. The lowest BCUT2D eigenvalue weighted by atomic mass is 9.97. The number of amides is 1. The predicted octanol–water partition coefficient (Wildman–Crippen LogP) is 9.39. The molecule has 0 bridgehead atoms. The van der Waals surface area contributed by atoms with Crippen LogP contribution in [0.2, 0.25) is 0 Å². The number of carbonyl (C=O) groups excluding carboxylic acids is 1. The number of hydrogen-bond donors (Lipinski definition) is 9. The minimum atomic E-state index is -1.79. The average molecular weight is 1040 g/mol. The van der Waals surface area contributed by atoms with Gasteiger partial charge in [-0.25, -0.2) is 0 Å². The van der Waals surface area contributed by atoms with Crippen LogP contribution in [0.1, 0.15) is 213 Å². The van der Waals surface area contributed by atoms with Gasteiger partial charge in [-0.2, -0.15) is 0 Å². The second-order valence-electron chi connectivity index (χ2n) is 20.4. The third-order valence-corrected chi connectivity index (χ3v) is 13.9. The summed E-state index contributed by atoms with van der Waals surface area (Å²) in [6, 6.07) is -0.944. The average Bonchev–Trinajstić information content (AvgIpc) is 3.39. The van der Waals surface area contributed by atoms with Gasteiger partial charge in [-0.15, -0.1) is 0 Å². The van der Waals surface area contributed by atoms with Crippen molar-refractivity contribution in [2.45, 2.75) is 286 Å². The van der Waals surface area contributed by atoms with Crippen molar-refractivity contribution in [1.29, 1.82) is 0 Å². The Bertz CT molecular complexity index is 1450. The van der Waals surface area contributed by atoms with Crippen molar-refractivity contribution in [3.63, 3.8) is 0 Å². The molecule has 73 heavy (non-hydrogen) atoms. The van der Waals surface area contributed by atoms with E-state index in [-0.39, 0.29) is 18.9 Å². The van der Waals surface area contributed by atoms with Crippen molar-refractivity contribution in [1.82, 2.24) is 5.32 Å². The van der Waals surface area contributed by atoms with E-state index in [0.717, 1.165) is 64.2 Å². The van der Waals surface area contributed by atoms with Crippen molar-refractivity contribution in [3.05, 3.63) is 60.8 Å². The monoisotopic (exact) mass is 1040 g/mol. The van der Waals surface area contributed by atoms with Crippen molar-refractivity contribution in [2.24, 2.45) is 0 Å². The first kappa shape index (κ1) is 66.8. The Hall–Kier alpha value is -2.31. The van der Waals surface area contributed by atoms with E-state index in [4.69, 9.17) is 18.9 Å². The Labute approximate surface area is 441 Å². The van der Waals surface area contributed by atoms with E-state index in [1.165, 1.54) is 116 Å². The molecule has 12 unspecified atom stereocenters. The smallest absolute Gasteiger partial charge is 0.220 e. The van der Waals surface area contributed by atoms with Crippen molar-refractivity contribution in [2.75, 3.05) is 19.8 Å². The molecule has 0 aromatic carbocycles. The second-order valence-corrected chi connectivity index (χ2v) is 20.4. The Morgan fingerprint density at radius 2 is 0.918 bits per heavy atom. The molecule has 2 saturated heterocycles. The Morgan fingerprint density at radius 1 is 0.493 bits per heavy atom. The van der Waals surface area contributed by atoms with E-state index in [1.807, 2.05) is 6.08 Å². The molecule has 424 valence electrons. The standard InChI is InChI=1S/C59H105NO13/c1-3-5-7-9-11-13-15-17-19-21-23-24-25-26-28-30-32-34-36-38-40-42-48(63)47(60-51(64)43-41-39-37-35-33-31-29-27-22-20-18-16-14-12-10-8-6-4-2)46-70-58-56(69)54(67)57(50(45-62)72-58)73-59-55(68)53(66)52(65)49(44-61)71-59/h14,16,20,22,25-26,32,34,40,42,47-50,52-59,61-63,65-69H,3-13,15,17-19,21,23-24,27-31,33,35-39,41,43-46H2,1-2H3,(H,60,64)/b16-14-,22-20-,26-25+,34-32+,42-40+. The number of rotatable bonds is 45. The SMILES string of the molecule is CCCCCC/C=C\C/C=C\CCCCCCCCCC(=O)NC(COC1OC(CO)C(OC2OC(CO)C(O)C(O)C2O)C(O)C1O)C(O)/C=C/CC/C=C/CC/C=C/CCCCCCCCCCCCC. The summed E-state index contributed by atoms with van der Waals surface area (Å²) in [7, 11) is 0.